The van der Waals surface area contributed by atoms with Crippen molar-refractivity contribution in [3.8, 4) is 11.4 Å². The van der Waals surface area contributed by atoms with Gasteiger partial charge in [-0.05, 0) is 25.0 Å². The van der Waals surface area contributed by atoms with Gasteiger partial charge in [-0.3, -0.25) is 14.8 Å². The fourth-order valence-corrected chi connectivity index (χ4v) is 1.82. The number of hydrogen-bond donors (Lipinski definition) is 0. The van der Waals surface area contributed by atoms with Gasteiger partial charge in [0.25, 0.3) is 5.69 Å². The number of hydrogen-bond acceptors (Lipinski definition) is 4. The molecule has 19 heavy (non-hydrogen) atoms. The second-order valence-corrected chi connectivity index (χ2v) is 4.41. The lowest BCUT2D eigenvalue weighted by Crippen LogP contribution is -1.99. The lowest BCUT2D eigenvalue weighted by atomic mass is 10.2. The summed E-state index contributed by atoms with van der Waals surface area (Å²) in [4.78, 5) is 14.3. The van der Waals surface area contributed by atoms with Crippen LogP contribution in [0.2, 0.25) is 0 Å². The molecule has 0 saturated heterocycles. The third kappa shape index (κ3) is 3.51. The summed E-state index contributed by atoms with van der Waals surface area (Å²) in [5.74, 6) is 1.21. The van der Waals surface area contributed by atoms with Gasteiger partial charge in [-0.25, -0.2) is 4.98 Å². The molecule has 0 amide bonds. The van der Waals surface area contributed by atoms with Crippen LogP contribution in [0.1, 0.15) is 12.8 Å². The quantitative estimate of drug-likeness (QED) is 0.353. The van der Waals surface area contributed by atoms with Crippen molar-refractivity contribution in [2.45, 2.75) is 19.4 Å². The first-order valence-electron chi connectivity index (χ1n) is 5.91. The Hall–Kier alpha value is -1.95. The van der Waals surface area contributed by atoms with Gasteiger partial charge in [0.05, 0.1) is 4.92 Å². The Balaban J connectivity index is 2.07. The van der Waals surface area contributed by atoms with Crippen LogP contribution >= 0.6 is 11.6 Å². The van der Waals surface area contributed by atoms with E-state index in [0.29, 0.717) is 11.7 Å². The molecule has 0 saturated carbocycles. The van der Waals surface area contributed by atoms with Crippen molar-refractivity contribution in [1.82, 2.24) is 14.8 Å². The third-order valence-corrected chi connectivity index (χ3v) is 2.91. The summed E-state index contributed by atoms with van der Waals surface area (Å²) in [6.07, 6.45) is 3.55. The molecule has 100 valence electrons. The smallest absolute Gasteiger partial charge is 0.258 e. The van der Waals surface area contributed by atoms with Gasteiger partial charge in [-0.2, -0.15) is 5.10 Å². The van der Waals surface area contributed by atoms with Crippen LogP contribution in [0.25, 0.3) is 11.4 Å². The normalized spacial score (nSPS) is 10.6. The topological polar surface area (TPSA) is 73.8 Å². The average molecular weight is 281 g/mol. The molecule has 0 bridgehead atoms. The minimum atomic E-state index is -0.429. The Bertz CT molecular complexity index is 553. The molecule has 0 aliphatic rings. The summed E-state index contributed by atoms with van der Waals surface area (Å²) in [5.41, 5.74) is 0.826. The van der Waals surface area contributed by atoms with E-state index in [-0.39, 0.29) is 5.69 Å². The molecule has 0 N–H and O–H groups in total. The third-order valence-electron chi connectivity index (χ3n) is 2.64. The highest BCUT2D eigenvalue weighted by Crippen LogP contribution is 2.18. The van der Waals surface area contributed by atoms with Crippen molar-refractivity contribution in [2.75, 3.05) is 5.88 Å². The first-order chi connectivity index (χ1) is 9.20. The standard InChI is InChI=1S/C12H13ClN4O2/c13-7-1-2-8-16-9-14-12(15-16)10-3-5-11(6-4-10)17(18)19/h3-6,9H,1-2,7-8H2. The summed E-state index contributed by atoms with van der Waals surface area (Å²) < 4.78 is 1.75. The Kier molecular flexibility index (Phi) is 4.46. The minimum Gasteiger partial charge on any atom is -0.258 e. The summed E-state index contributed by atoms with van der Waals surface area (Å²) in [7, 11) is 0. The number of rotatable bonds is 6. The van der Waals surface area contributed by atoms with Crippen LogP contribution in [0.5, 0.6) is 0 Å². The molecule has 0 atom stereocenters. The van der Waals surface area contributed by atoms with Gasteiger partial charge in [-0.1, -0.05) is 0 Å². The first kappa shape index (κ1) is 13.5. The zero-order chi connectivity index (χ0) is 13.7. The summed E-state index contributed by atoms with van der Waals surface area (Å²) in [6.45, 7) is 0.771. The number of aromatic nitrogens is 3. The number of benzene rings is 1. The van der Waals surface area contributed by atoms with E-state index in [4.69, 9.17) is 11.6 Å². The highest BCUT2D eigenvalue weighted by molar-refractivity contribution is 6.17. The van der Waals surface area contributed by atoms with Gasteiger partial charge < -0.3 is 0 Å². The molecule has 0 fully saturated rings. The minimum absolute atomic E-state index is 0.0605. The number of halogens is 1. The van der Waals surface area contributed by atoms with Gasteiger partial charge in [0.2, 0.25) is 0 Å². The maximum Gasteiger partial charge on any atom is 0.269 e. The van der Waals surface area contributed by atoms with E-state index >= 15 is 0 Å². The Labute approximate surface area is 115 Å². The molecule has 6 nitrogen and oxygen atoms in total. The lowest BCUT2D eigenvalue weighted by Gasteiger charge is -1.98. The fourth-order valence-electron chi connectivity index (χ4n) is 1.64. The molecule has 0 aliphatic carbocycles. The van der Waals surface area contributed by atoms with Gasteiger partial charge in [0, 0.05) is 30.1 Å². The van der Waals surface area contributed by atoms with E-state index in [1.165, 1.54) is 12.1 Å². The molecular formula is C12H13ClN4O2. The second-order valence-electron chi connectivity index (χ2n) is 4.03. The van der Waals surface area contributed by atoms with E-state index in [2.05, 4.69) is 10.1 Å². The maximum absolute atomic E-state index is 10.6. The van der Waals surface area contributed by atoms with Crippen molar-refractivity contribution in [3.05, 3.63) is 40.7 Å². The number of nitrogens with zero attached hydrogens (tertiary/aromatic N) is 4. The van der Waals surface area contributed by atoms with Crippen LogP contribution < -0.4 is 0 Å². The molecule has 0 unspecified atom stereocenters. The largest absolute Gasteiger partial charge is 0.269 e. The average Bonchev–Trinajstić information content (AvgIpc) is 2.88. The summed E-state index contributed by atoms with van der Waals surface area (Å²) in [5, 5.41) is 14.9. The molecular weight excluding hydrogens is 268 g/mol. The molecule has 0 aliphatic heterocycles. The van der Waals surface area contributed by atoms with E-state index in [9.17, 15) is 10.1 Å². The second kappa shape index (κ2) is 6.29. The van der Waals surface area contributed by atoms with Crippen LogP contribution in [0.15, 0.2) is 30.6 Å². The Morgan fingerprint density at radius 2 is 2.00 bits per heavy atom. The molecule has 1 aromatic heterocycles. The van der Waals surface area contributed by atoms with Crippen LogP contribution in [0.3, 0.4) is 0 Å². The zero-order valence-corrected chi connectivity index (χ0v) is 11.0. The van der Waals surface area contributed by atoms with Crippen molar-refractivity contribution in [3.63, 3.8) is 0 Å². The highest BCUT2D eigenvalue weighted by Gasteiger charge is 2.08. The first-order valence-corrected chi connectivity index (χ1v) is 6.44. The predicted octanol–water partition coefficient (Wildman–Crippen LogP) is 2.87. The summed E-state index contributed by atoms with van der Waals surface area (Å²) >= 11 is 5.61. The lowest BCUT2D eigenvalue weighted by molar-refractivity contribution is -0.384. The molecule has 0 spiro atoms. The number of aryl methyl sites for hydroxylation is 1. The molecule has 0 radical (unpaired) electrons. The number of alkyl halides is 1. The Morgan fingerprint density at radius 3 is 2.63 bits per heavy atom. The number of unbranched alkanes of at least 4 members (excludes halogenated alkanes) is 1. The van der Waals surface area contributed by atoms with E-state index < -0.39 is 4.92 Å². The van der Waals surface area contributed by atoms with Crippen molar-refractivity contribution >= 4 is 17.3 Å². The molecule has 2 aromatic rings. The highest BCUT2D eigenvalue weighted by atomic mass is 35.5. The van der Waals surface area contributed by atoms with Crippen molar-refractivity contribution in [2.24, 2.45) is 0 Å². The molecule has 1 heterocycles. The van der Waals surface area contributed by atoms with E-state index in [0.717, 1.165) is 24.9 Å². The van der Waals surface area contributed by atoms with Gasteiger partial charge in [-0.15, -0.1) is 11.6 Å². The van der Waals surface area contributed by atoms with Crippen LogP contribution in [0.4, 0.5) is 5.69 Å². The number of non-ortho nitro benzene ring substituents is 1. The molecule has 1 aromatic carbocycles. The fraction of sp³-hybridized carbons (Fsp3) is 0.333. The zero-order valence-electron chi connectivity index (χ0n) is 10.2. The predicted molar refractivity (Wildman–Crippen MR) is 72.1 cm³/mol. The monoisotopic (exact) mass is 280 g/mol. The number of nitro benzene ring substituents is 1. The van der Waals surface area contributed by atoms with E-state index in [1.54, 1.807) is 23.1 Å². The maximum atomic E-state index is 10.6. The van der Waals surface area contributed by atoms with Gasteiger partial charge in [0.1, 0.15) is 6.33 Å². The Morgan fingerprint density at radius 1 is 1.26 bits per heavy atom. The number of nitro groups is 1. The van der Waals surface area contributed by atoms with Crippen molar-refractivity contribution in [1.29, 1.82) is 0 Å². The van der Waals surface area contributed by atoms with Gasteiger partial charge in [0.15, 0.2) is 5.82 Å². The van der Waals surface area contributed by atoms with Crippen LogP contribution in [-0.4, -0.2) is 25.6 Å². The summed E-state index contributed by atoms with van der Waals surface area (Å²) in [6, 6.07) is 6.19. The van der Waals surface area contributed by atoms with E-state index in [1.807, 2.05) is 0 Å². The molecule has 2 rings (SSSR count). The van der Waals surface area contributed by atoms with Crippen molar-refractivity contribution < 1.29 is 4.92 Å². The van der Waals surface area contributed by atoms with Crippen LogP contribution in [0, 0.1) is 10.1 Å². The molecule has 7 heteroatoms. The van der Waals surface area contributed by atoms with Gasteiger partial charge >= 0.3 is 0 Å². The SMILES string of the molecule is O=[N+]([O-])c1ccc(-c2ncn(CCCCCl)n2)cc1. The van der Waals surface area contributed by atoms with Crippen LogP contribution in [-0.2, 0) is 6.54 Å².